The predicted molar refractivity (Wildman–Crippen MR) is 135 cm³/mol. The summed E-state index contributed by atoms with van der Waals surface area (Å²) in [6.45, 7) is 3.98. The summed E-state index contributed by atoms with van der Waals surface area (Å²) in [6, 6.07) is 5.43. The maximum absolute atomic E-state index is 13.1. The molecule has 1 aromatic carbocycles. The largest absolute Gasteiger partial charge is 0.465 e. The van der Waals surface area contributed by atoms with Crippen molar-refractivity contribution in [2.24, 2.45) is 0 Å². The number of nitrogens with zero attached hydrogens (tertiary/aromatic N) is 3. The second kappa shape index (κ2) is 11.2. The molecular weight excluding hydrogens is 513 g/mol. The summed E-state index contributed by atoms with van der Waals surface area (Å²) in [5.41, 5.74) is -0.441. The molecule has 2 amide bonds. The number of carboxylic acid groups (broad SMARTS) is 1. The van der Waals surface area contributed by atoms with Crippen LogP contribution in [0.15, 0.2) is 34.3 Å². The van der Waals surface area contributed by atoms with Gasteiger partial charge in [0.2, 0.25) is 5.91 Å². The summed E-state index contributed by atoms with van der Waals surface area (Å²) in [5, 5.41) is 16.6. The van der Waals surface area contributed by atoms with E-state index in [-0.39, 0.29) is 11.9 Å². The molecule has 2 fully saturated rings. The molecule has 3 N–H and O–H groups in total. The molecular formula is C23H27Cl2N5O4S. The van der Waals surface area contributed by atoms with Gasteiger partial charge in [0.05, 0.1) is 21.9 Å². The lowest BCUT2D eigenvalue weighted by Crippen LogP contribution is -2.64. The number of hydrogen-bond acceptors (Lipinski definition) is 7. The van der Waals surface area contributed by atoms with Crippen LogP contribution in [0.3, 0.4) is 0 Å². The van der Waals surface area contributed by atoms with E-state index in [9.17, 15) is 14.7 Å². The van der Waals surface area contributed by atoms with Crippen LogP contribution in [0.2, 0.25) is 10.0 Å². The standard InChI is InChI=1S/C23H27Cl2N5O4S/c1-14-20(35-17-4-2-3-16(24)19(17)25)26-13-18(27-14)30-9-7-23(8-10-30,29-22(32)33)21(31)28-15-5-11-34-12-6-15/h2-4,13,15,29H,5-12H2,1H3,(H,28,31)(H,32,33). The van der Waals surface area contributed by atoms with Crippen LogP contribution in [0, 0.1) is 6.92 Å². The Kier molecular flexibility index (Phi) is 8.26. The first-order valence-electron chi connectivity index (χ1n) is 11.4. The van der Waals surface area contributed by atoms with Crippen LogP contribution in [0.1, 0.15) is 31.4 Å². The molecule has 2 aliphatic rings. The van der Waals surface area contributed by atoms with E-state index in [1.54, 1.807) is 12.3 Å². The third kappa shape index (κ3) is 6.11. The Morgan fingerprint density at radius 1 is 1.23 bits per heavy atom. The van der Waals surface area contributed by atoms with E-state index in [0.29, 0.717) is 60.0 Å². The van der Waals surface area contributed by atoms with Crippen molar-refractivity contribution in [3.8, 4) is 0 Å². The molecule has 0 radical (unpaired) electrons. The average molecular weight is 540 g/mol. The fourth-order valence-electron chi connectivity index (χ4n) is 4.27. The number of halogens is 2. The van der Waals surface area contributed by atoms with E-state index >= 15 is 0 Å². The summed E-state index contributed by atoms with van der Waals surface area (Å²) in [7, 11) is 0. The van der Waals surface area contributed by atoms with Gasteiger partial charge in [-0.1, -0.05) is 41.0 Å². The van der Waals surface area contributed by atoms with Crippen molar-refractivity contribution < 1.29 is 19.4 Å². The summed E-state index contributed by atoms with van der Waals surface area (Å²) in [4.78, 5) is 36.8. The number of aromatic nitrogens is 2. The van der Waals surface area contributed by atoms with Gasteiger partial charge in [-0.05, 0) is 44.7 Å². The predicted octanol–water partition coefficient (Wildman–Crippen LogP) is 4.14. The number of ether oxygens (including phenoxy) is 1. The smallest absolute Gasteiger partial charge is 0.405 e. The van der Waals surface area contributed by atoms with Crippen LogP contribution < -0.4 is 15.5 Å². The third-order valence-electron chi connectivity index (χ3n) is 6.29. The first-order chi connectivity index (χ1) is 16.8. The number of rotatable bonds is 6. The quantitative estimate of drug-likeness (QED) is 0.501. The lowest BCUT2D eigenvalue weighted by molar-refractivity contribution is -0.129. The summed E-state index contributed by atoms with van der Waals surface area (Å²) >= 11 is 13.8. The van der Waals surface area contributed by atoms with Crippen molar-refractivity contribution in [2.75, 3.05) is 31.2 Å². The Labute approximate surface area is 217 Å². The highest BCUT2D eigenvalue weighted by molar-refractivity contribution is 7.99. The van der Waals surface area contributed by atoms with Crippen molar-refractivity contribution in [1.82, 2.24) is 20.6 Å². The van der Waals surface area contributed by atoms with Gasteiger partial charge in [-0.25, -0.2) is 14.8 Å². The molecule has 188 valence electrons. The SMILES string of the molecule is Cc1nc(N2CCC(NC(=O)O)(C(=O)NC3CCOCC3)CC2)cnc1Sc1cccc(Cl)c1Cl. The molecule has 0 atom stereocenters. The second-order valence-electron chi connectivity index (χ2n) is 8.63. The Bertz CT molecular complexity index is 1090. The molecule has 0 bridgehead atoms. The molecule has 1 aromatic heterocycles. The minimum absolute atomic E-state index is 0.00620. The Hall–Kier alpha value is -2.27. The molecule has 0 spiro atoms. The number of anilines is 1. The maximum Gasteiger partial charge on any atom is 0.405 e. The molecule has 4 rings (SSSR count). The van der Waals surface area contributed by atoms with E-state index in [4.69, 9.17) is 32.9 Å². The molecule has 9 nitrogen and oxygen atoms in total. The van der Waals surface area contributed by atoms with E-state index in [0.717, 1.165) is 23.4 Å². The maximum atomic E-state index is 13.1. The molecule has 2 saturated heterocycles. The molecule has 0 saturated carbocycles. The van der Waals surface area contributed by atoms with Crippen molar-refractivity contribution in [1.29, 1.82) is 0 Å². The first kappa shape index (κ1) is 25.8. The minimum Gasteiger partial charge on any atom is -0.465 e. The van der Waals surface area contributed by atoms with Gasteiger partial charge in [-0.15, -0.1) is 0 Å². The van der Waals surface area contributed by atoms with Gasteiger partial charge in [0.1, 0.15) is 16.4 Å². The number of aryl methyl sites for hydroxylation is 1. The normalized spacial score (nSPS) is 18.2. The Morgan fingerprint density at radius 3 is 2.60 bits per heavy atom. The van der Waals surface area contributed by atoms with Crippen LogP contribution in [-0.2, 0) is 9.53 Å². The number of amides is 2. The molecule has 12 heteroatoms. The van der Waals surface area contributed by atoms with Crippen molar-refractivity contribution >= 4 is 52.8 Å². The lowest BCUT2D eigenvalue weighted by atomic mass is 9.86. The van der Waals surface area contributed by atoms with Crippen molar-refractivity contribution in [3.63, 3.8) is 0 Å². The number of benzene rings is 1. The first-order valence-corrected chi connectivity index (χ1v) is 12.9. The van der Waals surface area contributed by atoms with E-state index in [2.05, 4.69) is 15.6 Å². The van der Waals surface area contributed by atoms with Gasteiger partial charge in [0, 0.05) is 37.2 Å². The van der Waals surface area contributed by atoms with E-state index in [1.807, 2.05) is 24.0 Å². The molecule has 0 unspecified atom stereocenters. The highest BCUT2D eigenvalue weighted by Crippen LogP contribution is 2.37. The highest BCUT2D eigenvalue weighted by Gasteiger charge is 2.44. The van der Waals surface area contributed by atoms with Gasteiger partial charge in [0.25, 0.3) is 0 Å². The van der Waals surface area contributed by atoms with Crippen LogP contribution in [0.5, 0.6) is 0 Å². The fourth-order valence-corrected chi connectivity index (χ4v) is 5.60. The zero-order valence-electron chi connectivity index (χ0n) is 19.2. The van der Waals surface area contributed by atoms with Gasteiger partial charge in [0.15, 0.2) is 0 Å². The monoisotopic (exact) mass is 539 g/mol. The number of hydrogen-bond donors (Lipinski definition) is 3. The highest BCUT2D eigenvalue weighted by atomic mass is 35.5. The Balaban J connectivity index is 1.44. The van der Waals surface area contributed by atoms with Gasteiger partial charge in [-0.2, -0.15) is 0 Å². The fraction of sp³-hybridized carbons (Fsp3) is 0.478. The molecule has 0 aliphatic carbocycles. The number of carbonyl (C=O) groups excluding carboxylic acids is 1. The Morgan fingerprint density at radius 2 is 1.94 bits per heavy atom. The van der Waals surface area contributed by atoms with E-state index < -0.39 is 11.6 Å². The lowest BCUT2D eigenvalue weighted by Gasteiger charge is -2.41. The van der Waals surface area contributed by atoms with Gasteiger partial charge in [-0.3, -0.25) is 4.79 Å². The third-order valence-corrected chi connectivity index (χ3v) is 8.38. The minimum atomic E-state index is -1.21. The molecule has 35 heavy (non-hydrogen) atoms. The van der Waals surface area contributed by atoms with Gasteiger partial charge >= 0.3 is 6.09 Å². The van der Waals surface area contributed by atoms with Crippen molar-refractivity contribution in [3.05, 3.63) is 40.1 Å². The van der Waals surface area contributed by atoms with Crippen LogP contribution in [-0.4, -0.2) is 65.0 Å². The zero-order chi connectivity index (χ0) is 25.0. The van der Waals surface area contributed by atoms with Crippen molar-refractivity contribution in [2.45, 2.75) is 54.1 Å². The van der Waals surface area contributed by atoms with Crippen LogP contribution in [0.4, 0.5) is 10.6 Å². The molecule has 2 aliphatic heterocycles. The van der Waals surface area contributed by atoms with E-state index in [1.165, 1.54) is 11.8 Å². The summed E-state index contributed by atoms with van der Waals surface area (Å²) < 4.78 is 5.35. The number of nitrogens with one attached hydrogen (secondary N) is 2. The summed E-state index contributed by atoms with van der Waals surface area (Å²) in [5.74, 6) is 0.400. The topological polar surface area (TPSA) is 117 Å². The molecule has 3 heterocycles. The average Bonchev–Trinajstić information content (AvgIpc) is 2.84. The zero-order valence-corrected chi connectivity index (χ0v) is 21.5. The molecule has 2 aromatic rings. The number of piperidine rings is 1. The van der Waals surface area contributed by atoms with Crippen LogP contribution >= 0.6 is 35.0 Å². The second-order valence-corrected chi connectivity index (χ2v) is 10.4. The van der Waals surface area contributed by atoms with Gasteiger partial charge < -0.3 is 25.4 Å². The number of carbonyl (C=O) groups is 2. The summed E-state index contributed by atoms with van der Waals surface area (Å²) in [6.07, 6.45) is 2.57. The van der Waals surface area contributed by atoms with Crippen LogP contribution in [0.25, 0.3) is 0 Å².